The van der Waals surface area contributed by atoms with E-state index in [9.17, 15) is 9.59 Å². The number of hydrogen-bond acceptors (Lipinski definition) is 3. The highest BCUT2D eigenvalue weighted by molar-refractivity contribution is 5.96. The van der Waals surface area contributed by atoms with E-state index in [4.69, 9.17) is 5.11 Å². The van der Waals surface area contributed by atoms with Gasteiger partial charge >= 0.3 is 5.97 Å². The Bertz CT molecular complexity index is 467. The number of amides is 1. The van der Waals surface area contributed by atoms with Crippen LogP contribution in [0.3, 0.4) is 0 Å². The zero-order chi connectivity index (χ0) is 13.1. The quantitative estimate of drug-likeness (QED) is 0.838. The van der Waals surface area contributed by atoms with Crippen molar-refractivity contribution < 1.29 is 14.7 Å². The van der Waals surface area contributed by atoms with E-state index >= 15 is 0 Å². The molecule has 98 valence electrons. The number of aromatic nitrogens is 2. The predicted octanol–water partition coefficient (Wildman–Crippen LogP) is 0.766. The van der Waals surface area contributed by atoms with Crippen LogP contribution >= 0.6 is 0 Å². The molecule has 1 amide bonds. The first-order valence-electron chi connectivity index (χ1n) is 6.19. The molecule has 0 unspecified atom stereocenters. The molecule has 2 rings (SSSR count). The van der Waals surface area contributed by atoms with Crippen molar-refractivity contribution in [1.82, 2.24) is 14.7 Å². The summed E-state index contributed by atoms with van der Waals surface area (Å²) in [5.41, 5.74) is 1.49. The van der Waals surface area contributed by atoms with Crippen LogP contribution in [-0.4, -0.2) is 44.8 Å². The fourth-order valence-electron chi connectivity index (χ4n) is 2.30. The van der Waals surface area contributed by atoms with Crippen LogP contribution in [0.25, 0.3) is 0 Å². The normalized spacial score (nSPS) is 13.4. The molecular formula is C12H17N3O3. The smallest absolute Gasteiger partial charge is 0.323 e. The fourth-order valence-corrected chi connectivity index (χ4v) is 2.30. The molecule has 0 aliphatic carbocycles. The summed E-state index contributed by atoms with van der Waals surface area (Å²) < 4.78 is 1.83. The Morgan fingerprint density at radius 1 is 1.56 bits per heavy atom. The van der Waals surface area contributed by atoms with Gasteiger partial charge in [0.05, 0.1) is 17.5 Å². The molecule has 1 aromatic heterocycles. The van der Waals surface area contributed by atoms with Crippen LogP contribution in [0, 0.1) is 0 Å². The van der Waals surface area contributed by atoms with Gasteiger partial charge in [-0.3, -0.25) is 14.3 Å². The Morgan fingerprint density at radius 2 is 2.33 bits per heavy atom. The van der Waals surface area contributed by atoms with Crippen molar-refractivity contribution in [1.29, 1.82) is 0 Å². The predicted molar refractivity (Wildman–Crippen MR) is 64.4 cm³/mol. The van der Waals surface area contributed by atoms with E-state index in [1.165, 1.54) is 4.90 Å². The highest BCUT2D eigenvalue weighted by Crippen LogP contribution is 2.19. The Hall–Kier alpha value is -1.85. The molecular weight excluding hydrogens is 234 g/mol. The van der Waals surface area contributed by atoms with Crippen molar-refractivity contribution in [3.63, 3.8) is 0 Å². The zero-order valence-electron chi connectivity index (χ0n) is 10.4. The maximum atomic E-state index is 12.3. The Morgan fingerprint density at radius 3 is 3.00 bits per heavy atom. The highest BCUT2D eigenvalue weighted by atomic mass is 16.4. The molecule has 1 aliphatic rings. The van der Waals surface area contributed by atoms with E-state index in [1.807, 2.05) is 11.6 Å². The van der Waals surface area contributed by atoms with Crippen LogP contribution < -0.4 is 0 Å². The van der Waals surface area contributed by atoms with E-state index in [2.05, 4.69) is 5.10 Å². The lowest BCUT2D eigenvalue weighted by molar-refractivity contribution is -0.137. The summed E-state index contributed by atoms with van der Waals surface area (Å²) >= 11 is 0. The minimum Gasteiger partial charge on any atom is -0.480 e. The lowest BCUT2D eigenvalue weighted by Crippen LogP contribution is -2.36. The van der Waals surface area contributed by atoms with Gasteiger partial charge < -0.3 is 10.0 Å². The second kappa shape index (κ2) is 5.20. The number of aliphatic carboxylic acids is 1. The highest BCUT2D eigenvalue weighted by Gasteiger charge is 2.25. The minimum atomic E-state index is -0.986. The van der Waals surface area contributed by atoms with Crippen molar-refractivity contribution in [3.05, 3.63) is 17.5 Å². The van der Waals surface area contributed by atoms with Crippen LogP contribution in [0.1, 0.15) is 35.8 Å². The number of hydrogen-bond donors (Lipinski definition) is 1. The number of carboxylic acid groups (broad SMARTS) is 1. The van der Waals surface area contributed by atoms with Gasteiger partial charge in [-0.25, -0.2) is 0 Å². The lowest BCUT2D eigenvalue weighted by Gasteiger charge is -2.19. The number of carbonyl (C=O) groups excluding carboxylic acids is 1. The third-order valence-electron chi connectivity index (χ3n) is 3.07. The first kappa shape index (κ1) is 12.6. The van der Waals surface area contributed by atoms with E-state index < -0.39 is 5.97 Å². The maximum Gasteiger partial charge on any atom is 0.323 e. The van der Waals surface area contributed by atoms with Crippen LogP contribution in [0.15, 0.2) is 6.20 Å². The van der Waals surface area contributed by atoms with E-state index in [0.717, 1.165) is 31.5 Å². The van der Waals surface area contributed by atoms with Gasteiger partial charge in [-0.1, -0.05) is 6.92 Å². The van der Waals surface area contributed by atoms with Crippen LogP contribution in [-0.2, 0) is 17.8 Å². The van der Waals surface area contributed by atoms with Gasteiger partial charge in [0.15, 0.2) is 0 Å². The van der Waals surface area contributed by atoms with Gasteiger partial charge in [-0.05, 0) is 19.3 Å². The second-order valence-electron chi connectivity index (χ2n) is 4.45. The van der Waals surface area contributed by atoms with Crippen LogP contribution in [0.2, 0.25) is 0 Å². The summed E-state index contributed by atoms with van der Waals surface area (Å²) in [6.45, 7) is 2.97. The first-order chi connectivity index (χ1) is 8.63. The molecule has 0 saturated carbocycles. The van der Waals surface area contributed by atoms with Gasteiger partial charge in [0.2, 0.25) is 0 Å². The van der Waals surface area contributed by atoms with Crippen molar-refractivity contribution in [2.75, 3.05) is 13.1 Å². The number of fused-ring (bicyclic) bond motifs is 1. The minimum absolute atomic E-state index is 0.220. The van der Waals surface area contributed by atoms with Crippen molar-refractivity contribution in [2.45, 2.75) is 32.7 Å². The molecule has 2 heterocycles. The third-order valence-corrected chi connectivity index (χ3v) is 3.07. The molecule has 0 bridgehead atoms. The summed E-state index contributed by atoms with van der Waals surface area (Å²) in [5.74, 6) is -1.21. The van der Waals surface area contributed by atoms with Crippen molar-refractivity contribution in [3.8, 4) is 0 Å². The monoisotopic (exact) mass is 251 g/mol. The lowest BCUT2D eigenvalue weighted by atomic mass is 10.1. The molecule has 0 saturated heterocycles. The van der Waals surface area contributed by atoms with Crippen molar-refractivity contribution >= 4 is 11.9 Å². The fraction of sp³-hybridized carbons (Fsp3) is 0.583. The van der Waals surface area contributed by atoms with E-state index in [-0.39, 0.29) is 12.5 Å². The largest absolute Gasteiger partial charge is 0.480 e. The molecule has 0 fully saturated rings. The van der Waals surface area contributed by atoms with Crippen molar-refractivity contribution in [2.24, 2.45) is 0 Å². The number of carboxylic acids is 1. The van der Waals surface area contributed by atoms with Crippen LogP contribution in [0.5, 0.6) is 0 Å². The number of rotatable bonds is 5. The Kier molecular flexibility index (Phi) is 3.64. The molecule has 1 aliphatic heterocycles. The summed E-state index contributed by atoms with van der Waals surface area (Å²) in [4.78, 5) is 24.5. The molecule has 1 aromatic rings. The molecule has 6 heteroatoms. The number of aryl methyl sites for hydroxylation is 1. The van der Waals surface area contributed by atoms with Gasteiger partial charge in [0.1, 0.15) is 6.54 Å². The summed E-state index contributed by atoms with van der Waals surface area (Å²) in [6.07, 6.45) is 4.13. The van der Waals surface area contributed by atoms with Crippen LogP contribution in [0.4, 0.5) is 0 Å². The topological polar surface area (TPSA) is 75.4 Å². The van der Waals surface area contributed by atoms with Gasteiger partial charge in [-0.15, -0.1) is 0 Å². The number of carbonyl (C=O) groups is 2. The number of nitrogens with zero attached hydrogens (tertiary/aromatic N) is 3. The molecule has 0 radical (unpaired) electrons. The van der Waals surface area contributed by atoms with Gasteiger partial charge in [0.25, 0.3) is 5.91 Å². The Balaban J connectivity index is 2.19. The van der Waals surface area contributed by atoms with E-state index in [0.29, 0.717) is 12.1 Å². The molecule has 1 N–H and O–H groups in total. The standard InChI is InChI=1S/C12H17N3O3/c1-2-5-14(8-11(16)17)12(18)9-7-13-15-6-3-4-10(9)15/h7H,2-6,8H2,1H3,(H,16,17). The average Bonchev–Trinajstić information content (AvgIpc) is 2.88. The molecule has 0 atom stereocenters. The summed E-state index contributed by atoms with van der Waals surface area (Å²) in [7, 11) is 0. The Labute approximate surface area is 105 Å². The maximum absolute atomic E-state index is 12.3. The molecule has 0 aromatic carbocycles. The van der Waals surface area contributed by atoms with Gasteiger partial charge in [0, 0.05) is 13.1 Å². The van der Waals surface area contributed by atoms with E-state index in [1.54, 1.807) is 6.20 Å². The molecule has 6 nitrogen and oxygen atoms in total. The second-order valence-corrected chi connectivity index (χ2v) is 4.45. The molecule has 0 spiro atoms. The third kappa shape index (κ3) is 2.37. The zero-order valence-corrected chi connectivity index (χ0v) is 10.4. The molecule has 18 heavy (non-hydrogen) atoms. The summed E-state index contributed by atoms with van der Waals surface area (Å²) in [5, 5.41) is 13.0. The average molecular weight is 251 g/mol. The first-order valence-corrected chi connectivity index (χ1v) is 6.19. The summed E-state index contributed by atoms with van der Waals surface area (Å²) in [6, 6.07) is 0. The SMILES string of the molecule is CCCN(CC(=O)O)C(=O)c1cnn2c1CCC2. The van der Waals surface area contributed by atoms with Gasteiger partial charge in [-0.2, -0.15) is 5.10 Å².